The maximum Gasteiger partial charge on any atom is 0.330 e. The summed E-state index contributed by atoms with van der Waals surface area (Å²) in [5.41, 5.74) is 9.68. The molecule has 4 N–H and O–H groups in total. The molecule has 8 heteroatoms. The van der Waals surface area contributed by atoms with E-state index in [0.717, 1.165) is 0 Å². The molecular weight excluding hydrogens is 284 g/mol. The van der Waals surface area contributed by atoms with E-state index >= 15 is 0 Å². The van der Waals surface area contributed by atoms with E-state index in [1.165, 1.54) is 4.90 Å². The molecule has 0 bridgehead atoms. The fourth-order valence-electron chi connectivity index (χ4n) is 1.98. The average molecular weight is 297 g/mol. The zero-order valence-electron chi connectivity index (χ0n) is 10.4. The van der Waals surface area contributed by atoms with Crippen LogP contribution in [0.15, 0.2) is 24.3 Å². The Bertz CT molecular complexity index is 546. The standard InChI is InChI=1S/C12H13ClN4O3/c13-8-1-3-9(4-2-8)17-6-7(5-10(17)18)11(19)15-16-12(14)20/h1-4,7H,5-6H2,(H,15,19)(H3,14,16,20). The number of urea groups is 1. The molecule has 1 heterocycles. The van der Waals surface area contributed by atoms with Crippen molar-refractivity contribution >= 4 is 35.1 Å². The maximum absolute atomic E-state index is 11.9. The predicted octanol–water partition coefficient (Wildman–Crippen LogP) is 0.392. The fourth-order valence-corrected chi connectivity index (χ4v) is 2.11. The van der Waals surface area contributed by atoms with E-state index < -0.39 is 17.9 Å². The Hall–Kier alpha value is -2.28. The molecule has 0 aliphatic carbocycles. The number of carbonyl (C=O) groups is 3. The van der Waals surface area contributed by atoms with Crippen LogP contribution in [0.1, 0.15) is 6.42 Å². The molecule has 0 spiro atoms. The Kier molecular flexibility index (Phi) is 4.09. The van der Waals surface area contributed by atoms with E-state index in [4.69, 9.17) is 17.3 Å². The van der Waals surface area contributed by atoms with Crippen LogP contribution in [0.25, 0.3) is 0 Å². The van der Waals surface area contributed by atoms with Gasteiger partial charge in [0.25, 0.3) is 0 Å². The van der Waals surface area contributed by atoms with Crippen molar-refractivity contribution in [1.82, 2.24) is 10.9 Å². The number of halogens is 1. The van der Waals surface area contributed by atoms with Crippen molar-refractivity contribution in [3.8, 4) is 0 Å². The summed E-state index contributed by atoms with van der Waals surface area (Å²) in [6, 6.07) is 5.90. The first-order chi connectivity index (χ1) is 9.47. The smallest absolute Gasteiger partial charge is 0.330 e. The second kappa shape index (κ2) is 5.79. The number of hydrazine groups is 1. The first-order valence-corrected chi connectivity index (χ1v) is 6.26. The summed E-state index contributed by atoms with van der Waals surface area (Å²) in [7, 11) is 0. The summed E-state index contributed by atoms with van der Waals surface area (Å²) >= 11 is 5.79. The zero-order valence-corrected chi connectivity index (χ0v) is 11.2. The van der Waals surface area contributed by atoms with Crippen molar-refractivity contribution in [3.63, 3.8) is 0 Å². The highest BCUT2D eigenvalue weighted by Gasteiger charge is 2.35. The molecule has 0 aromatic heterocycles. The molecule has 0 saturated carbocycles. The second-order valence-electron chi connectivity index (χ2n) is 4.36. The number of amides is 4. The van der Waals surface area contributed by atoms with Crippen molar-refractivity contribution in [2.24, 2.45) is 11.7 Å². The molecule has 1 aliphatic heterocycles. The van der Waals surface area contributed by atoms with E-state index in [-0.39, 0.29) is 18.9 Å². The summed E-state index contributed by atoms with van der Waals surface area (Å²) in [6.07, 6.45) is 0.0783. The zero-order chi connectivity index (χ0) is 14.7. The number of nitrogens with two attached hydrogens (primary N) is 1. The van der Waals surface area contributed by atoms with Gasteiger partial charge in [0, 0.05) is 23.7 Å². The Morgan fingerprint density at radius 2 is 1.90 bits per heavy atom. The largest absolute Gasteiger partial charge is 0.350 e. The van der Waals surface area contributed by atoms with Gasteiger partial charge in [0.15, 0.2) is 0 Å². The Morgan fingerprint density at radius 3 is 2.50 bits per heavy atom. The molecule has 4 amide bonds. The monoisotopic (exact) mass is 296 g/mol. The third kappa shape index (κ3) is 3.18. The molecule has 1 atom stereocenters. The normalized spacial score (nSPS) is 17.9. The summed E-state index contributed by atoms with van der Waals surface area (Å²) in [6.45, 7) is 0.243. The molecule has 1 aromatic carbocycles. The van der Waals surface area contributed by atoms with E-state index in [2.05, 4.69) is 5.43 Å². The predicted molar refractivity (Wildman–Crippen MR) is 72.8 cm³/mol. The van der Waals surface area contributed by atoms with Gasteiger partial charge < -0.3 is 10.6 Å². The van der Waals surface area contributed by atoms with Crippen LogP contribution in [-0.4, -0.2) is 24.4 Å². The third-order valence-electron chi connectivity index (χ3n) is 2.94. The van der Waals surface area contributed by atoms with Gasteiger partial charge in [-0.05, 0) is 24.3 Å². The number of nitrogens with zero attached hydrogens (tertiary/aromatic N) is 1. The Balaban J connectivity index is 2.01. The van der Waals surface area contributed by atoms with Gasteiger partial charge >= 0.3 is 6.03 Å². The molecule has 106 valence electrons. The highest BCUT2D eigenvalue weighted by atomic mass is 35.5. The number of primary amides is 1. The first-order valence-electron chi connectivity index (χ1n) is 5.88. The van der Waals surface area contributed by atoms with Crippen LogP contribution in [-0.2, 0) is 9.59 Å². The summed E-state index contributed by atoms with van der Waals surface area (Å²) in [4.78, 5) is 35.7. The lowest BCUT2D eigenvalue weighted by Crippen LogP contribution is -2.47. The Labute approximate surface area is 120 Å². The van der Waals surface area contributed by atoms with Crippen LogP contribution in [0.5, 0.6) is 0 Å². The lowest BCUT2D eigenvalue weighted by atomic mass is 10.1. The van der Waals surface area contributed by atoms with Crippen molar-refractivity contribution in [1.29, 1.82) is 0 Å². The minimum atomic E-state index is -0.864. The van der Waals surface area contributed by atoms with Gasteiger partial charge in [-0.2, -0.15) is 0 Å². The number of rotatable bonds is 2. The lowest BCUT2D eigenvalue weighted by molar-refractivity contribution is -0.126. The van der Waals surface area contributed by atoms with Gasteiger partial charge in [0.05, 0.1) is 5.92 Å². The van der Waals surface area contributed by atoms with Gasteiger partial charge in [-0.15, -0.1) is 0 Å². The molecule has 2 rings (SSSR count). The third-order valence-corrected chi connectivity index (χ3v) is 3.20. The minimum Gasteiger partial charge on any atom is -0.350 e. The number of hydrogen-bond acceptors (Lipinski definition) is 3. The summed E-state index contributed by atoms with van der Waals surface area (Å²) in [5, 5.41) is 0.570. The van der Waals surface area contributed by atoms with Crippen LogP contribution in [0.3, 0.4) is 0 Å². The van der Waals surface area contributed by atoms with E-state index in [9.17, 15) is 14.4 Å². The second-order valence-corrected chi connectivity index (χ2v) is 4.80. The van der Waals surface area contributed by atoms with Crippen LogP contribution < -0.4 is 21.5 Å². The molecule has 20 heavy (non-hydrogen) atoms. The quantitative estimate of drug-likeness (QED) is 0.688. The molecule has 1 fully saturated rings. The highest BCUT2D eigenvalue weighted by molar-refractivity contribution is 6.30. The lowest BCUT2D eigenvalue weighted by Gasteiger charge is -2.16. The van der Waals surface area contributed by atoms with Crippen molar-refractivity contribution in [2.75, 3.05) is 11.4 Å². The highest BCUT2D eigenvalue weighted by Crippen LogP contribution is 2.26. The molecule has 1 aliphatic rings. The van der Waals surface area contributed by atoms with Gasteiger partial charge in [-0.1, -0.05) is 11.6 Å². The summed E-state index contributed by atoms with van der Waals surface area (Å²) < 4.78 is 0. The summed E-state index contributed by atoms with van der Waals surface area (Å²) in [5.74, 6) is -1.15. The molecule has 7 nitrogen and oxygen atoms in total. The molecule has 1 unspecified atom stereocenters. The number of carbonyl (C=O) groups excluding carboxylic acids is 3. The van der Waals surface area contributed by atoms with Gasteiger partial charge in [-0.3, -0.25) is 15.0 Å². The number of anilines is 1. The SMILES string of the molecule is NC(=O)NNC(=O)C1CC(=O)N(c2ccc(Cl)cc2)C1. The van der Waals surface area contributed by atoms with Gasteiger partial charge in [0.1, 0.15) is 0 Å². The van der Waals surface area contributed by atoms with Crippen LogP contribution >= 0.6 is 11.6 Å². The van der Waals surface area contributed by atoms with Crippen molar-refractivity contribution in [2.45, 2.75) is 6.42 Å². The van der Waals surface area contributed by atoms with Crippen LogP contribution in [0.4, 0.5) is 10.5 Å². The van der Waals surface area contributed by atoms with Gasteiger partial charge in [-0.25, -0.2) is 10.2 Å². The molecule has 1 saturated heterocycles. The maximum atomic E-state index is 11.9. The average Bonchev–Trinajstić information content (AvgIpc) is 2.79. The van der Waals surface area contributed by atoms with Crippen LogP contribution in [0.2, 0.25) is 5.02 Å². The van der Waals surface area contributed by atoms with Crippen molar-refractivity contribution in [3.05, 3.63) is 29.3 Å². The van der Waals surface area contributed by atoms with E-state index in [1.807, 2.05) is 5.43 Å². The minimum absolute atomic E-state index is 0.0783. The van der Waals surface area contributed by atoms with Crippen LogP contribution in [0, 0.1) is 5.92 Å². The molecule has 0 radical (unpaired) electrons. The number of nitrogens with one attached hydrogen (secondary N) is 2. The number of benzene rings is 1. The Morgan fingerprint density at radius 1 is 1.25 bits per heavy atom. The first kappa shape index (κ1) is 14.1. The topological polar surface area (TPSA) is 105 Å². The van der Waals surface area contributed by atoms with Gasteiger partial charge in [0.2, 0.25) is 11.8 Å². The molecular formula is C12H13ClN4O3. The fraction of sp³-hybridized carbons (Fsp3) is 0.250. The molecule has 1 aromatic rings. The van der Waals surface area contributed by atoms with Crippen molar-refractivity contribution < 1.29 is 14.4 Å². The van der Waals surface area contributed by atoms with E-state index in [1.54, 1.807) is 24.3 Å². The number of hydrogen-bond donors (Lipinski definition) is 3. The van der Waals surface area contributed by atoms with E-state index in [0.29, 0.717) is 10.7 Å².